The van der Waals surface area contributed by atoms with Gasteiger partial charge in [0.1, 0.15) is 5.82 Å². The lowest BCUT2D eigenvalue weighted by molar-refractivity contribution is 0.589. The molecule has 0 heterocycles. The first-order valence-corrected chi connectivity index (χ1v) is 4.49. The minimum atomic E-state index is -0.667. The summed E-state index contributed by atoms with van der Waals surface area (Å²) in [6, 6.07) is 1.01. The average Bonchev–Trinajstić information content (AvgIpc) is 1.97. The predicted molar refractivity (Wildman–Crippen MR) is 46.8 cm³/mol. The van der Waals surface area contributed by atoms with Crippen LogP contribution in [-0.2, 0) is 0 Å². The molecule has 0 atom stereocenters. The van der Waals surface area contributed by atoms with Gasteiger partial charge in [-0.25, -0.2) is 8.78 Å². The van der Waals surface area contributed by atoms with Crippen LogP contribution in [0.1, 0.15) is 0 Å². The molecule has 0 aromatic heterocycles. The second-order valence-electron chi connectivity index (χ2n) is 1.78. The van der Waals surface area contributed by atoms with E-state index in [1.807, 2.05) is 0 Å². The average molecular weight is 306 g/mol. The summed E-state index contributed by atoms with van der Waals surface area (Å²) in [6.07, 6.45) is 0. The van der Waals surface area contributed by atoms with Gasteiger partial charge >= 0.3 is 0 Å². The molecule has 11 heavy (non-hydrogen) atoms. The largest absolute Gasteiger partial charge is 0.206 e. The van der Waals surface area contributed by atoms with Crippen LogP contribution in [0.15, 0.2) is 15.0 Å². The topological polar surface area (TPSA) is 0 Å². The van der Waals surface area contributed by atoms with Gasteiger partial charge in [0, 0.05) is 0 Å². The van der Waals surface area contributed by atoms with E-state index in [0.717, 1.165) is 6.07 Å². The molecule has 0 aliphatic rings. The number of hydrogen-bond acceptors (Lipinski definition) is 0. The molecule has 0 unspecified atom stereocenters. The molecule has 5 heteroatoms. The fourth-order valence-corrected chi connectivity index (χ4v) is 1.54. The lowest BCUT2D eigenvalue weighted by Crippen LogP contribution is -1.85. The lowest BCUT2D eigenvalue weighted by atomic mass is 10.3. The number of rotatable bonds is 0. The van der Waals surface area contributed by atoms with Crippen LogP contribution in [0.2, 0.25) is 5.02 Å². The van der Waals surface area contributed by atoms with Gasteiger partial charge in [-0.1, -0.05) is 11.6 Å². The highest BCUT2D eigenvalue weighted by Gasteiger charge is 2.12. The van der Waals surface area contributed by atoms with Crippen LogP contribution in [0.3, 0.4) is 0 Å². The Morgan fingerprint density at radius 3 is 2.36 bits per heavy atom. The summed E-state index contributed by atoms with van der Waals surface area (Å²) >= 11 is 11.0. The molecule has 0 aliphatic heterocycles. The van der Waals surface area contributed by atoms with Crippen LogP contribution >= 0.6 is 43.5 Å². The van der Waals surface area contributed by atoms with Crippen molar-refractivity contribution in [2.75, 3.05) is 0 Å². The first-order chi connectivity index (χ1) is 5.04. The first-order valence-electron chi connectivity index (χ1n) is 2.52. The number of hydrogen-bond donors (Lipinski definition) is 0. The Bertz CT molecular complexity index is 275. The van der Waals surface area contributed by atoms with E-state index in [0.29, 0.717) is 0 Å². The van der Waals surface area contributed by atoms with Crippen molar-refractivity contribution in [1.29, 1.82) is 0 Å². The van der Waals surface area contributed by atoms with Crippen LogP contribution in [0.25, 0.3) is 0 Å². The Kier molecular flexibility index (Phi) is 2.89. The zero-order valence-electron chi connectivity index (χ0n) is 4.97. The van der Waals surface area contributed by atoms with E-state index in [1.54, 1.807) is 0 Å². The molecule has 0 nitrogen and oxygen atoms in total. The van der Waals surface area contributed by atoms with Crippen molar-refractivity contribution < 1.29 is 8.78 Å². The Labute approximate surface area is 83.8 Å². The predicted octanol–water partition coefficient (Wildman–Crippen LogP) is 4.14. The fourth-order valence-electron chi connectivity index (χ4n) is 0.544. The van der Waals surface area contributed by atoms with Crippen LogP contribution in [0.4, 0.5) is 8.78 Å². The van der Waals surface area contributed by atoms with Gasteiger partial charge in [0.15, 0.2) is 5.82 Å². The van der Waals surface area contributed by atoms with Crippen molar-refractivity contribution in [2.45, 2.75) is 0 Å². The minimum absolute atomic E-state index is 0.0169. The van der Waals surface area contributed by atoms with Crippen LogP contribution in [0, 0.1) is 11.6 Å². The Morgan fingerprint density at radius 2 is 1.82 bits per heavy atom. The molecule has 0 spiro atoms. The highest BCUT2D eigenvalue weighted by molar-refractivity contribution is 9.11. The van der Waals surface area contributed by atoms with Gasteiger partial charge in [0.05, 0.1) is 14.0 Å². The van der Waals surface area contributed by atoms with Gasteiger partial charge in [-0.2, -0.15) is 0 Å². The molecule has 1 aromatic carbocycles. The molecule has 0 fully saturated rings. The van der Waals surface area contributed by atoms with Crippen LogP contribution in [-0.4, -0.2) is 0 Å². The van der Waals surface area contributed by atoms with Crippen molar-refractivity contribution in [1.82, 2.24) is 0 Å². The maximum atomic E-state index is 12.8. The maximum Gasteiger partial charge on any atom is 0.157 e. The maximum absolute atomic E-state index is 12.8. The molecule has 0 saturated carbocycles. The summed E-state index contributed by atoms with van der Waals surface area (Å²) in [6.45, 7) is 0. The zero-order valence-corrected chi connectivity index (χ0v) is 8.90. The molecule has 0 saturated heterocycles. The summed E-state index contributed by atoms with van der Waals surface area (Å²) < 4.78 is 25.4. The second kappa shape index (κ2) is 3.37. The minimum Gasteiger partial charge on any atom is -0.206 e. The van der Waals surface area contributed by atoms with Crippen molar-refractivity contribution in [2.24, 2.45) is 0 Å². The zero-order chi connectivity index (χ0) is 8.59. The third kappa shape index (κ3) is 1.73. The van der Waals surface area contributed by atoms with E-state index in [2.05, 4.69) is 31.9 Å². The van der Waals surface area contributed by atoms with Crippen molar-refractivity contribution in [3.8, 4) is 0 Å². The van der Waals surface area contributed by atoms with Crippen molar-refractivity contribution in [3.05, 3.63) is 31.7 Å². The smallest absolute Gasteiger partial charge is 0.157 e. The van der Waals surface area contributed by atoms with Gasteiger partial charge in [-0.05, 0) is 37.9 Å². The van der Waals surface area contributed by atoms with Gasteiger partial charge in [-0.3, -0.25) is 0 Å². The Morgan fingerprint density at radius 1 is 1.27 bits per heavy atom. The molecular formula is C6HBr2ClF2. The van der Waals surface area contributed by atoms with Crippen LogP contribution in [0.5, 0.6) is 0 Å². The Balaban J connectivity index is 3.46. The lowest BCUT2D eigenvalue weighted by Gasteiger charge is -2.00. The standard InChI is InChI=1S/C6HBr2ClF2/c7-2-1-3(10)4(8)5(9)6(2)11/h1H. The van der Waals surface area contributed by atoms with E-state index >= 15 is 0 Å². The normalized spacial score (nSPS) is 10.3. The quantitative estimate of drug-likeness (QED) is 0.499. The van der Waals surface area contributed by atoms with E-state index in [-0.39, 0.29) is 14.0 Å². The highest BCUT2D eigenvalue weighted by Crippen LogP contribution is 2.32. The molecule has 0 bridgehead atoms. The molecule has 0 amide bonds. The number of halogens is 5. The SMILES string of the molecule is Fc1cc(Br)c(F)c(Cl)c1Br. The van der Waals surface area contributed by atoms with Crippen molar-refractivity contribution >= 4 is 43.5 Å². The van der Waals surface area contributed by atoms with E-state index in [1.165, 1.54) is 0 Å². The molecule has 1 rings (SSSR count). The van der Waals surface area contributed by atoms with Gasteiger partial charge in [-0.15, -0.1) is 0 Å². The molecular weight excluding hydrogens is 305 g/mol. The summed E-state index contributed by atoms with van der Waals surface area (Å²) in [5.41, 5.74) is 0. The van der Waals surface area contributed by atoms with E-state index in [4.69, 9.17) is 11.6 Å². The van der Waals surface area contributed by atoms with Gasteiger partial charge < -0.3 is 0 Å². The Hall–Kier alpha value is 0.330. The first kappa shape index (κ1) is 9.42. The third-order valence-corrected chi connectivity index (χ3v) is 2.99. The summed E-state index contributed by atoms with van der Waals surface area (Å²) in [4.78, 5) is 0. The second-order valence-corrected chi connectivity index (χ2v) is 3.81. The molecule has 0 N–H and O–H groups in total. The van der Waals surface area contributed by atoms with Gasteiger partial charge in [0.2, 0.25) is 0 Å². The highest BCUT2D eigenvalue weighted by atomic mass is 79.9. The molecule has 0 aliphatic carbocycles. The van der Waals surface area contributed by atoms with E-state index in [9.17, 15) is 8.78 Å². The molecule has 1 aromatic rings. The monoisotopic (exact) mass is 304 g/mol. The number of benzene rings is 1. The van der Waals surface area contributed by atoms with E-state index < -0.39 is 11.6 Å². The summed E-state index contributed by atoms with van der Waals surface area (Å²) in [5, 5.41) is -0.253. The van der Waals surface area contributed by atoms with Gasteiger partial charge in [0.25, 0.3) is 0 Å². The molecule has 60 valence electrons. The summed E-state index contributed by atoms with van der Waals surface area (Å²) in [7, 11) is 0. The van der Waals surface area contributed by atoms with Crippen molar-refractivity contribution in [3.63, 3.8) is 0 Å². The molecule has 0 radical (unpaired) electrons. The van der Waals surface area contributed by atoms with Crippen LogP contribution < -0.4 is 0 Å². The summed E-state index contributed by atoms with van der Waals surface area (Å²) in [5.74, 6) is -1.26. The third-order valence-electron chi connectivity index (χ3n) is 1.06. The fraction of sp³-hybridized carbons (Fsp3) is 0.